The van der Waals surface area contributed by atoms with Crippen molar-refractivity contribution in [2.75, 3.05) is 13.1 Å². The lowest BCUT2D eigenvalue weighted by Gasteiger charge is -2.21. The van der Waals surface area contributed by atoms with Crippen LogP contribution in [-0.2, 0) is 4.79 Å². The number of hydrogen-bond acceptors (Lipinski definition) is 2. The molecule has 0 heterocycles. The summed E-state index contributed by atoms with van der Waals surface area (Å²) in [5.41, 5.74) is 2.36. The smallest absolute Gasteiger partial charge is 0.328 e. The van der Waals surface area contributed by atoms with Crippen LogP contribution in [0.4, 0.5) is 0 Å². The highest BCUT2D eigenvalue weighted by Crippen LogP contribution is 2.15. The molecule has 4 nitrogen and oxygen atoms in total. The van der Waals surface area contributed by atoms with Gasteiger partial charge in [0.05, 0.1) is 0 Å². The van der Waals surface area contributed by atoms with Crippen molar-refractivity contribution in [3.8, 4) is 0 Å². The Bertz CT molecular complexity index is 529. The highest BCUT2D eigenvalue weighted by atomic mass is 16.4. The number of carboxylic acids is 1. The molecule has 0 aliphatic heterocycles. The molecule has 0 radical (unpaired) electrons. The van der Waals surface area contributed by atoms with E-state index in [9.17, 15) is 9.59 Å². The molecule has 114 valence electrons. The molecule has 1 aromatic rings. The Kier molecular flexibility index (Phi) is 6.66. The van der Waals surface area contributed by atoms with Gasteiger partial charge in [-0.05, 0) is 49.1 Å². The fourth-order valence-corrected chi connectivity index (χ4v) is 2.19. The minimum absolute atomic E-state index is 0.0376. The number of rotatable bonds is 7. The maximum Gasteiger partial charge on any atom is 0.328 e. The molecular weight excluding hydrogens is 266 g/mol. The average molecular weight is 289 g/mol. The van der Waals surface area contributed by atoms with E-state index < -0.39 is 5.97 Å². The zero-order valence-electron chi connectivity index (χ0n) is 12.9. The van der Waals surface area contributed by atoms with E-state index in [4.69, 9.17) is 5.11 Å². The quantitative estimate of drug-likeness (QED) is 0.783. The summed E-state index contributed by atoms with van der Waals surface area (Å²) >= 11 is 0. The standard InChI is InChI=1S/C17H23NO3/c1-4-10-18(11-5-2)17(21)15-7-6-14(13(3)12-15)8-9-16(19)20/h6-9,12H,4-5,10-11H2,1-3H3,(H,19,20)/b9-8+. The van der Waals surface area contributed by atoms with Crippen LogP contribution in [0.1, 0.15) is 48.2 Å². The normalized spacial score (nSPS) is 10.8. The van der Waals surface area contributed by atoms with Crippen molar-refractivity contribution in [1.82, 2.24) is 4.90 Å². The van der Waals surface area contributed by atoms with Crippen LogP contribution in [0.15, 0.2) is 24.3 Å². The SMILES string of the molecule is CCCN(CCC)C(=O)c1ccc(/C=C/C(=O)O)c(C)c1. The van der Waals surface area contributed by atoms with Crippen molar-refractivity contribution in [2.24, 2.45) is 0 Å². The Labute approximate surface area is 126 Å². The van der Waals surface area contributed by atoms with Crippen molar-refractivity contribution >= 4 is 18.0 Å². The zero-order valence-corrected chi connectivity index (χ0v) is 12.9. The Morgan fingerprint density at radius 3 is 2.29 bits per heavy atom. The molecule has 0 unspecified atom stereocenters. The van der Waals surface area contributed by atoms with Crippen LogP contribution in [0.5, 0.6) is 0 Å². The van der Waals surface area contributed by atoms with Crippen molar-refractivity contribution in [1.29, 1.82) is 0 Å². The average Bonchev–Trinajstić information content (AvgIpc) is 2.44. The summed E-state index contributed by atoms with van der Waals surface area (Å²) in [5.74, 6) is -0.942. The van der Waals surface area contributed by atoms with Gasteiger partial charge in [0.15, 0.2) is 0 Å². The van der Waals surface area contributed by atoms with Gasteiger partial charge in [-0.2, -0.15) is 0 Å². The molecule has 1 aromatic carbocycles. The number of hydrogen-bond donors (Lipinski definition) is 1. The molecule has 1 amide bonds. The topological polar surface area (TPSA) is 57.6 Å². The van der Waals surface area contributed by atoms with Crippen molar-refractivity contribution < 1.29 is 14.7 Å². The lowest BCUT2D eigenvalue weighted by Crippen LogP contribution is -2.32. The minimum Gasteiger partial charge on any atom is -0.478 e. The highest BCUT2D eigenvalue weighted by molar-refractivity contribution is 5.95. The van der Waals surface area contributed by atoms with Crippen LogP contribution >= 0.6 is 0 Å². The van der Waals surface area contributed by atoms with Crippen LogP contribution in [0.25, 0.3) is 6.08 Å². The van der Waals surface area contributed by atoms with E-state index >= 15 is 0 Å². The minimum atomic E-state index is -0.980. The molecule has 0 fully saturated rings. The van der Waals surface area contributed by atoms with Crippen molar-refractivity contribution in [3.05, 3.63) is 41.0 Å². The first kappa shape index (κ1) is 17.0. The van der Waals surface area contributed by atoms with Gasteiger partial charge in [-0.1, -0.05) is 19.9 Å². The predicted octanol–water partition coefficient (Wildman–Crippen LogP) is 3.36. The fraction of sp³-hybridized carbons (Fsp3) is 0.412. The first-order valence-electron chi connectivity index (χ1n) is 7.30. The molecule has 0 saturated carbocycles. The zero-order chi connectivity index (χ0) is 15.8. The van der Waals surface area contributed by atoms with Gasteiger partial charge in [-0.15, -0.1) is 0 Å². The molecule has 1 rings (SSSR count). The van der Waals surface area contributed by atoms with E-state index in [1.165, 1.54) is 0 Å². The Hall–Kier alpha value is -2.10. The third-order valence-electron chi connectivity index (χ3n) is 3.20. The van der Waals surface area contributed by atoms with Gasteiger partial charge in [-0.3, -0.25) is 4.79 Å². The number of carbonyl (C=O) groups excluding carboxylic acids is 1. The summed E-state index contributed by atoms with van der Waals surface area (Å²) in [6.07, 6.45) is 4.51. The molecule has 0 aromatic heterocycles. The summed E-state index contributed by atoms with van der Waals surface area (Å²) in [6, 6.07) is 5.37. The molecule has 0 saturated heterocycles. The van der Waals surface area contributed by atoms with Gasteiger partial charge >= 0.3 is 5.97 Å². The largest absolute Gasteiger partial charge is 0.478 e. The van der Waals surface area contributed by atoms with E-state index in [1.54, 1.807) is 18.2 Å². The fourth-order valence-electron chi connectivity index (χ4n) is 2.19. The molecule has 0 atom stereocenters. The third kappa shape index (κ3) is 5.06. The van der Waals surface area contributed by atoms with Gasteiger partial charge in [0.25, 0.3) is 5.91 Å². The van der Waals surface area contributed by atoms with Crippen molar-refractivity contribution in [2.45, 2.75) is 33.6 Å². The number of aryl methyl sites for hydroxylation is 1. The maximum absolute atomic E-state index is 12.5. The van der Waals surface area contributed by atoms with Crippen molar-refractivity contribution in [3.63, 3.8) is 0 Å². The number of nitrogens with zero attached hydrogens (tertiary/aromatic N) is 1. The van der Waals surface area contributed by atoms with Crippen LogP contribution in [0.2, 0.25) is 0 Å². The summed E-state index contributed by atoms with van der Waals surface area (Å²) in [4.78, 5) is 24.9. The number of benzene rings is 1. The van der Waals surface area contributed by atoms with E-state index in [-0.39, 0.29) is 5.91 Å². The predicted molar refractivity (Wildman–Crippen MR) is 84.3 cm³/mol. The summed E-state index contributed by atoms with van der Waals surface area (Å²) in [5, 5.41) is 8.65. The molecule has 1 N–H and O–H groups in total. The molecule has 21 heavy (non-hydrogen) atoms. The number of carboxylic acid groups (broad SMARTS) is 1. The second-order valence-electron chi connectivity index (χ2n) is 5.04. The first-order chi connectivity index (χ1) is 9.99. The summed E-state index contributed by atoms with van der Waals surface area (Å²) in [6.45, 7) is 7.50. The number of amides is 1. The Morgan fingerprint density at radius 2 is 1.81 bits per heavy atom. The lowest BCUT2D eigenvalue weighted by molar-refractivity contribution is -0.131. The molecule has 0 aliphatic rings. The van der Waals surface area contributed by atoms with E-state index in [0.717, 1.165) is 43.1 Å². The molecular formula is C17H23NO3. The number of carbonyl (C=O) groups is 2. The maximum atomic E-state index is 12.5. The van der Waals surface area contributed by atoms with Gasteiger partial charge in [0.1, 0.15) is 0 Å². The monoisotopic (exact) mass is 289 g/mol. The van der Waals surface area contributed by atoms with E-state index in [2.05, 4.69) is 13.8 Å². The Morgan fingerprint density at radius 1 is 1.19 bits per heavy atom. The molecule has 0 spiro atoms. The van der Waals surface area contributed by atoms with Crippen LogP contribution in [-0.4, -0.2) is 35.0 Å². The van der Waals surface area contributed by atoms with Crippen LogP contribution in [0.3, 0.4) is 0 Å². The van der Waals surface area contributed by atoms with E-state index in [0.29, 0.717) is 5.56 Å². The van der Waals surface area contributed by atoms with Gasteiger partial charge < -0.3 is 10.0 Å². The number of aliphatic carboxylic acids is 1. The second-order valence-corrected chi connectivity index (χ2v) is 5.04. The molecule has 0 aliphatic carbocycles. The highest BCUT2D eigenvalue weighted by Gasteiger charge is 2.14. The van der Waals surface area contributed by atoms with Gasteiger partial charge in [-0.25, -0.2) is 4.79 Å². The molecule has 0 bridgehead atoms. The first-order valence-corrected chi connectivity index (χ1v) is 7.30. The molecule has 4 heteroatoms. The van der Waals surface area contributed by atoms with Gasteiger partial charge in [0.2, 0.25) is 0 Å². The van der Waals surface area contributed by atoms with Gasteiger partial charge in [0, 0.05) is 24.7 Å². The lowest BCUT2D eigenvalue weighted by atomic mass is 10.0. The Balaban J connectivity index is 2.96. The van der Waals surface area contributed by atoms with Crippen LogP contribution < -0.4 is 0 Å². The summed E-state index contributed by atoms with van der Waals surface area (Å²) in [7, 11) is 0. The summed E-state index contributed by atoms with van der Waals surface area (Å²) < 4.78 is 0. The van der Waals surface area contributed by atoms with Crippen LogP contribution in [0, 0.1) is 6.92 Å². The second kappa shape index (κ2) is 8.25. The third-order valence-corrected chi connectivity index (χ3v) is 3.20. The van der Waals surface area contributed by atoms with E-state index in [1.807, 2.05) is 17.9 Å².